The molecule has 5 nitrogen and oxygen atoms in total. The van der Waals surface area contributed by atoms with Crippen LogP contribution in [0, 0.1) is 0 Å². The van der Waals surface area contributed by atoms with E-state index in [9.17, 15) is 9.59 Å². The largest absolute Gasteiger partial charge is 0.475 e. The van der Waals surface area contributed by atoms with Gasteiger partial charge in [0, 0.05) is 13.0 Å². The van der Waals surface area contributed by atoms with Crippen molar-refractivity contribution in [2.24, 2.45) is 0 Å². The van der Waals surface area contributed by atoms with Gasteiger partial charge in [-0.25, -0.2) is 4.79 Å². The number of carboxylic acids is 1. The molecule has 0 spiro atoms. The van der Waals surface area contributed by atoms with E-state index in [1.807, 2.05) is 0 Å². The van der Waals surface area contributed by atoms with Gasteiger partial charge in [-0.15, -0.1) is 0 Å². The van der Waals surface area contributed by atoms with E-state index >= 15 is 0 Å². The summed E-state index contributed by atoms with van der Waals surface area (Å²) in [6, 6.07) is 0. The lowest BCUT2D eigenvalue weighted by atomic mass is 9.97. The molecule has 0 aromatic heterocycles. The zero-order chi connectivity index (χ0) is 9.07. The van der Waals surface area contributed by atoms with Crippen LogP contribution >= 0.6 is 0 Å². The minimum absolute atomic E-state index is 0.266. The molecule has 0 aliphatic heterocycles. The number of hydrogen-bond acceptors (Lipinski definition) is 4. The predicted molar refractivity (Wildman–Crippen MR) is 35.0 cm³/mol. The predicted octanol–water partition coefficient (Wildman–Crippen LogP) is -1.23. The maximum absolute atomic E-state index is 10.6. The van der Waals surface area contributed by atoms with E-state index in [0.29, 0.717) is 0 Å². The fourth-order valence-electron chi connectivity index (χ4n) is 0.562. The molecule has 0 bridgehead atoms. The molecule has 1 atom stereocenters. The first-order valence-corrected chi connectivity index (χ1v) is 3.03. The SMILES string of the molecule is C[C@@](O)(CCO)C(=O)C(=O)O. The number of carbonyl (C=O) groups excluding carboxylic acids is 1. The zero-order valence-corrected chi connectivity index (χ0v) is 6.07. The van der Waals surface area contributed by atoms with Crippen molar-refractivity contribution in [3.63, 3.8) is 0 Å². The molecule has 11 heavy (non-hydrogen) atoms. The van der Waals surface area contributed by atoms with Crippen molar-refractivity contribution >= 4 is 11.8 Å². The molecular weight excluding hydrogens is 152 g/mol. The summed E-state index contributed by atoms with van der Waals surface area (Å²) in [6.45, 7) is 0.631. The fraction of sp³-hybridized carbons (Fsp3) is 0.667. The first-order valence-electron chi connectivity index (χ1n) is 3.03. The van der Waals surface area contributed by atoms with Gasteiger partial charge in [-0.3, -0.25) is 4.79 Å². The van der Waals surface area contributed by atoms with Gasteiger partial charge in [0.05, 0.1) is 0 Å². The third kappa shape index (κ3) is 2.65. The first-order chi connectivity index (χ1) is 4.91. The van der Waals surface area contributed by atoms with Gasteiger partial charge in [0.25, 0.3) is 5.78 Å². The van der Waals surface area contributed by atoms with Crippen LogP contribution in [0.2, 0.25) is 0 Å². The first kappa shape index (κ1) is 10.1. The number of rotatable bonds is 4. The van der Waals surface area contributed by atoms with Crippen LogP contribution in [0.3, 0.4) is 0 Å². The van der Waals surface area contributed by atoms with Crippen LogP contribution in [0.25, 0.3) is 0 Å². The molecule has 0 fully saturated rings. The van der Waals surface area contributed by atoms with Crippen LogP contribution in [0.4, 0.5) is 0 Å². The highest BCUT2D eigenvalue weighted by Gasteiger charge is 2.34. The Labute approximate surface area is 63.3 Å². The molecule has 0 unspecified atom stereocenters. The molecule has 0 aliphatic rings. The summed E-state index contributed by atoms with van der Waals surface area (Å²) in [6.07, 6.45) is -0.266. The Bertz CT molecular complexity index is 172. The average Bonchev–Trinajstić information content (AvgIpc) is 1.86. The van der Waals surface area contributed by atoms with Crippen molar-refractivity contribution in [2.45, 2.75) is 18.9 Å². The summed E-state index contributed by atoms with van der Waals surface area (Å²) < 4.78 is 0. The minimum Gasteiger partial charge on any atom is -0.475 e. The van der Waals surface area contributed by atoms with Crippen molar-refractivity contribution < 1.29 is 24.9 Å². The summed E-state index contributed by atoms with van der Waals surface area (Å²) in [7, 11) is 0. The van der Waals surface area contributed by atoms with Crippen LogP contribution < -0.4 is 0 Å². The molecule has 0 aliphatic carbocycles. The summed E-state index contributed by atoms with van der Waals surface area (Å²) in [4.78, 5) is 20.6. The lowest BCUT2D eigenvalue weighted by Crippen LogP contribution is -2.40. The molecule has 0 amide bonds. The Hall–Kier alpha value is -0.940. The van der Waals surface area contributed by atoms with Gasteiger partial charge in [0.15, 0.2) is 0 Å². The number of Topliss-reactive ketones (excluding diaryl/α,β-unsaturated/α-hetero) is 1. The van der Waals surface area contributed by atoms with Crippen LogP contribution in [0.5, 0.6) is 0 Å². The van der Waals surface area contributed by atoms with Crippen LogP contribution in [-0.4, -0.2) is 39.3 Å². The quantitative estimate of drug-likeness (QED) is 0.450. The minimum atomic E-state index is -1.96. The van der Waals surface area contributed by atoms with Gasteiger partial charge in [-0.05, 0) is 6.92 Å². The van der Waals surface area contributed by atoms with Gasteiger partial charge in [-0.2, -0.15) is 0 Å². The maximum Gasteiger partial charge on any atom is 0.375 e. The third-order valence-electron chi connectivity index (χ3n) is 1.28. The topological polar surface area (TPSA) is 94.8 Å². The molecule has 0 aromatic rings. The maximum atomic E-state index is 10.6. The molecular formula is C6H10O5. The van der Waals surface area contributed by atoms with Crippen molar-refractivity contribution in [3.8, 4) is 0 Å². The normalized spacial score (nSPS) is 15.5. The number of aliphatic carboxylic acids is 1. The van der Waals surface area contributed by atoms with Gasteiger partial charge >= 0.3 is 5.97 Å². The Kier molecular flexibility index (Phi) is 3.16. The number of hydrogen-bond donors (Lipinski definition) is 3. The van der Waals surface area contributed by atoms with E-state index in [1.165, 1.54) is 0 Å². The molecule has 0 radical (unpaired) electrons. The number of carboxylic acid groups (broad SMARTS) is 1. The molecule has 0 saturated heterocycles. The number of ketones is 1. The van der Waals surface area contributed by atoms with Gasteiger partial charge in [0.1, 0.15) is 5.60 Å². The Morgan fingerprint density at radius 1 is 1.45 bits per heavy atom. The van der Waals surface area contributed by atoms with Crippen LogP contribution in [0.15, 0.2) is 0 Å². The Morgan fingerprint density at radius 3 is 2.18 bits per heavy atom. The highest BCUT2D eigenvalue weighted by atomic mass is 16.4. The second-order valence-corrected chi connectivity index (χ2v) is 2.38. The van der Waals surface area contributed by atoms with E-state index < -0.39 is 24.0 Å². The Morgan fingerprint density at radius 2 is 1.91 bits per heavy atom. The second kappa shape index (κ2) is 3.45. The summed E-state index contributed by atoms with van der Waals surface area (Å²) in [5.74, 6) is -2.99. The highest BCUT2D eigenvalue weighted by Crippen LogP contribution is 2.09. The van der Waals surface area contributed by atoms with Gasteiger partial charge in [-0.1, -0.05) is 0 Å². The van der Waals surface area contributed by atoms with Crippen molar-refractivity contribution in [1.29, 1.82) is 0 Å². The van der Waals surface area contributed by atoms with Crippen molar-refractivity contribution in [3.05, 3.63) is 0 Å². The van der Waals surface area contributed by atoms with E-state index in [0.717, 1.165) is 6.92 Å². The lowest BCUT2D eigenvalue weighted by molar-refractivity contribution is -0.158. The summed E-state index contributed by atoms with van der Waals surface area (Å²) in [5.41, 5.74) is -1.96. The monoisotopic (exact) mass is 162 g/mol. The van der Waals surface area contributed by atoms with Crippen molar-refractivity contribution in [2.75, 3.05) is 6.61 Å². The fourth-order valence-corrected chi connectivity index (χ4v) is 0.562. The highest BCUT2D eigenvalue weighted by molar-refractivity contribution is 6.35. The molecule has 0 rings (SSSR count). The smallest absolute Gasteiger partial charge is 0.375 e. The zero-order valence-electron chi connectivity index (χ0n) is 6.07. The molecule has 5 heteroatoms. The lowest BCUT2D eigenvalue weighted by Gasteiger charge is -2.16. The van der Waals surface area contributed by atoms with E-state index in [2.05, 4.69) is 0 Å². The standard InChI is InChI=1S/C6H10O5/c1-6(11,2-3-7)4(8)5(9)10/h7,11H,2-3H2,1H3,(H,9,10)/t6-/m1/s1. The second-order valence-electron chi connectivity index (χ2n) is 2.38. The molecule has 64 valence electrons. The molecule has 0 heterocycles. The van der Waals surface area contributed by atoms with Gasteiger partial charge in [0.2, 0.25) is 0 Å². The summed E-state index contributed by atoms with van der Waals surface area (Å²) >= 11 is 0. The van der Waals surface area contributed by atoms with Crippen LogP contribution in [0.1, 0.15) is 13.3 Å². The number of aliphatic hydroxyl groups excluding tert-OH is 1. The Balaban J connectivity index is 4.29. The molecule has 3 N–H and O–H groups in total. The van der Waals surface area contributed by atoms with E-state index in [1.54, 1.807) is 0 Å². The number of carbonyl (C=O) groups is 2. The van der Waals surface area contributed by atoms with E-state index in [-0.39, 0.29) is 6.42 Å². The molecule has 0 saturated carbocycles. The van der Waals surface area contributed by atoms with E-state index in [4.69, 9.17) is 15.3 Å². The van der Waals surface area contributed by atoms with Gasteiger partial charge < -0.3 is 15.3 Å². The van der Waals surface area contributed by atoms with Crippen molar-refractivity contribution in [1.82, 2.24) is 0 Å². The summed E-state index contributed by atoms with van der Waals surface area (Å²) in [5, 5.41) is 25.5. The van der Waals surface area contributed by atoms with Crippen LogP contribution in [-0.2, 0) is 9.59 Å². The average molecular weight is 162 g/mol. The number of aliphatic hydroxyl groups is 2. The third-order valence-corrected chi connectivity index (χ3v) is 1.28. The molecule has 0 aromatic carbocycles.